The highest BCUT2D eigenvalue weighted by molar-refractivity contribution is 5.87. The van der Waals surface area contributed by atoms with Gasteiger partial charge in [0.25, 0.3) is 0 Å². The summed E-state index contributed by atoms with van der Waals surface area (Å²) in [6, 6.07) is 10.3. The van der Waals surface area contributed by atoms with Gasteiger partial charge >= 0.3 is 5.97 Å². The lowest BCUT2D eigenvalue weighted by molar-refractivity contribution is 0.0697. The van der Waals surface area contributed by atoms with Gasteiger partial charge < -0.3 is 19.5 Å². The predicted molar refractivity (Wildman–Crippen MR) is 92.3 cm³/mol. The molecule has 2 heterocycles. The summed E-state index contributed by atoms with van der Waals surface area (Å²) < 4.78 is 11.0. The van der Waals surface area contributed by atoms with Gasteiger partial charge in [-0.1, -0.05) is 0 Å². The normalized spacial score (nSPS) is 13.9. The molecule has 0 radical (unpaired) electrons. The minimum Gasteiger partial charge on any atom is -0.487 e. The third-order valence-electron chi connectivity index (χ3n) is 3.67. The molecule has 128 valence electrons. The van der Waals surface area contributed by atoms with E-state index >= 15 is 0 Å². The standard InChI is InChI=1S/C17H18N2O4.ClH/c20-17(21)13-1-5-16(6-2-13)23-12-14-3-4-15(11-18-14)19-7-9-22-10-8-19;/h1-6,11H,7-10,12H2,(H,20,21);1H. The highest BCUT2D eigenvalue weighted by Gasteiger charge is 2.11. The van der Waals surface area contributed by atoms with Crippen molar-refractivity contribution in [3.63, 3.8) is 0 Å². The Morgan fingerprint density at radius 1 is 1.17 bits per heavy atom. The van der Waals surface area contributed by atoms with Crippen molar-refractivity contribution in [1.29, 1.82) is 0 Å². The number of anilines is 1. The van der Waals surface area contributed by atoms with Gasteiger partial charge in [-0.25, -0.2) is 4.79 Å². The molecule has 1 aliphatic heterocycles. The topological polar surface area (TPSA) is 71.9 Å². The highest BCUT2D eigenvalue weighted by Crippen LogP contribution is 2.17. The SMILES string of the molecule is Cl.O=C(O)c1ccc(OCc2ccc(N3CCOCC3)cn2)cc1. The van der Waals surface area contributed by atoms with Gasteiger partial charge in [0.15, 0.2) is 0 Å². The molecule has 3 rings (SSSR count). The molecule has 1 fully saturated rings. The minimum atomic E-state index is -0.947. The zero-order chi connectivity index (χ0) is 16.1. The van der Waals surface area contributed by atoms with E-state index in [9.17, 15) is 4.79 Å². The molecule has 1 aromatic heterocycles. The molecular weight excluding hydrogens is 332 g/mol. The summed E-state index contributed by atoms with van der Waals surface area (Å²) in [5, 5.41) is 8.85. The second-order valence-corrected chi connectivity index (χ2v) is 5.23. The van der Waals surface area contributed by atoms with Crippen LogP contribution in [-0.2, 0) is 11.3 Å². The van der Waals surface area contributed by atoms with E-state index in [2.05, 4.69) is 9.88 Å². The Labute approximate surface area is 146 Å². The third kappa shape index (κ3) is 4.59. The molecule has 7 heteroatoms. The van der Waals surface area contributed by atoms with Crippen LogP contribution in [0.2, 0.25) is 0 Å². The van der Waals surface area contributed by atoms with Crippen LogP contribution in [-0.4, -0.2) is 42.4 Å². The van der Waals surface area contributed by atoms with Crippen LogP contribution in [0.15, 0.2) is 42.6 Å². The van der Waals surface area contributed by atoms with E-state index in [0.29, 0.717) is 12.4 Å². The Hall–Kier alpha value is -2.31. The van der Waals surface area contributed by atoms with E-state index in [0.717, 1.165) is 37.7 Å². The number of hydrogen-bond donors (Lipinski definition) is 1. The molecule has 24 heavy (non-hydrogen) atoms. The van der Waals surface area contributed by atoms with Crippen LogP contribution in [0.25, 0.3) is 0 Å². The number of halogens is 1. The van der Waals surface area contributed by atoms with Crippen molar-refractivity contribution in [2.75, 3.05) is 31.2 Å². The number of benzene rings is 1. The van der Waals surface area contributed by atoms with Crippen molar-refractivity contribution in [3.05, 3.63) is 53.9 Å². The number of aromatic carboxylic acids is 1. The first-order valence-electron chi connectivity index (χ1n) is 7.46. The van der Waals surface area contributed by atoms with Gasteiger partial charge in [0.05, 0.1) is 36.4 Å². The van der Waals surface area contributed by atoms with E-state index in [4.69, 9.17) is 14.6 Å². The highest BCUT2D eigenvalue weighted by atomic mass is 35.5. The number of ether oxygens (including phenoxy) is 2. The first kappa shape index (κ1) is 18.0. The molecule has 0 saturated carbocycles. The lowest BCUT2D eigenvalue weighted by Crippen LogP contribution is -2.36. The maximum absolute atomic E-state index is 10.8. The number of morpholine rings is 1. The summed E-state index contributed by atoms with van der Waals surface area (Å²) in [7, 11) is 0. The Morgan fingerprint density at radius 2 is 1.88 bits per heavy atom. The molecule has 0 unspecified atom stereocenters. The largest absolute Gasteiger partial charge is 0.487 e. The third-order valence-corrected chi connectivity index (χ3v) is 3.67. The zero-order valence-electron chi connectivity index (χ0n) is 13.1. The molecule has 0 aliphatic carbocycles. The maximum Gasteiger partial charge on any atom is 0.335 e. The summed E-state index contributed by atoms with van der Waals surface area (Å²) in [4.78, 5) is 17.4. The molecule has 0 spiro atoms. The van der Waals surface area contributed by atoms with Crippen LogP contribution in [0.5, 0.6) is 5.75 Å². The first-order chi connectivity index (χ1) is 11.2. The molecule has 0 bridgehead atoms. The molecule has 1 saturated heterocycles. The van der Waals surface area contributed by atoms with E-state index in [1.165, 1.54) is 12.1 Å². The van der Waals surface area contributed by atoms with Crippen molar-refractivity contribution >= 4 is 24.1 Å². The fourth-order valence-corrected chi connectivity index (χ4v) is 2.36. The van der Waals surface area contributed by atoms with E-state index < -0.39 is 5.97 Å². The van der Waals surface area contributed by atoms with E-state index in [-0.39, 0.29) is 18.0 Å². The first-order valence-corrected chi connectivity index (χ1v) is 7.46. The number of hydrogen-bond acceptors (Lipinski definition) is 5. The van der Waals surface area contributed by atoms with E-state index in [1.807, 2.05) is 18.3 Å². The van der Waals surface area contributed by atoms with Gasteiger partial charge in [0.2, 0.25) is 0 Å². The van der Waals surface area contributed by atoms with Gasteiger partial charge in [0, 0.05) is 13.1 Å². The number of carboxylic acids is 1. The Kier molecular flexibility index (Phi) is 6.40. The number of pyridine rings is 1. The molecule has 6 nitrogen and oxygen atoms in total. The minimum absolute atomic E-state index is 0. The van der Waals surface area contributed by atoms with Gasteiger partial charge in [-0.3, -0.25) is 4.98 Å². The number of nitrogens with zero attached hydrogens (tertiary/aromatic N) is 2. The number of rotatable bonds is 5. The monoisotopic (exact) mass is 350 g/mol. The van der Waals surface area contributed by atoms with Crippen LogP contribution in [0, 0.1) is 0 Å². The smallest absolute Gasteiger partial charge is 0.335 e. The van der Waals surface area contributed by atoms with Crippen molar-refractivity contribution < 1.29 is 19.4 Å². The van der Waals surface area contributed by atoms with Crippen LogP contribution in [0.4, 0.5) is 5.69 Å². The Bertz CT molecular complexity index is 655. The van der Waals surface area contributed by atoms with Crippen molar-refractivity contribution in [2.24, 2.45) is 0 Å². The van der Waals surface area contributed by atoms with Crippen LogP contribution < -0.4 is 9.64 Å². The fraction of sp³-hybridized carbons (Fsp3) is 0.294. The zero-order valence-corrected chi connectivity index (χ0v) is 13.9. The summed E-state index contributed by atoms with van der Waals surface area (Å²) in [5.74, 6) is -0.328. The van der Waals surface area contributed by atoms with Crippen LogP contribution in [0.3, 0.4) is 0 Å². The summed E-state index contributed by atoms with van der Waals surface area (Å²) in [6.45, 7) is 3.60. The molecule has 0 atom stereocenters. The average molecular weight is 351 g/mol. The molecule has 1 N–H and O–H groups in total. The fourth-order valence-electron chi connectivity index (χ4n) is 2.36. The number of carbonyl (C=O) groups is 1. The van der Waals surface area contributed by atoms with Crippen molar-refractivity contribution in [3.8, 4) is 5.75 Å². The van der Waals surface area contributed by atoms with Crippen LogP contribution >= 0.6 is 12.4 Å². The molecule has 1 aromatic carbocycles. The second kappa shape index (κ2) is 8.52. The van der Waals surface area contributed by atoms with Gasteiger partial charge in [0.1, 0.15) is 12.4 Å². The van der Waals surface area contributed by atoms with Crippen molar-refractivity contribution in [2.45, 2.75) is 6.61 Å². The van der Waals surface area contributed by atoms with Gasteiger partial charge in [-0.2, -0.15) is 0 Å². The average Bonchev–Trinajstić information content (AvgIpc) is 2.61. The second-order valence-electron chi connectivity index (χ2n) is 5.23. The lowest BCUT2D eigenvalue weighted by atomic mass is 10.2. The summed E-state index contributed by atoms with van der Waals surface area (Å²) >= 11 is 0. The Morgan fingerprint density at radius 3 is 2.46 bits per heavy atom. The van der Waals surface area contributed by atoms with Gasteiger partial charge in [-0.15, -0.1) is 12.4 Å². The van der Waals surface area contributed by atoms with E-state index in [1.54, 1.807) is 12.1 Å². The number of carboxylic acid groups (broad SMARTS) is 1. The molecule has 0 amide bonds. The summed E-state index contributed by atoms with van der Waals surface area (Å²) in [6.07, 6.45) is 1.84. The Balaban J connectivity index is 0.00000208. The molecule has 1 aliphatic rings. The number of aromatic nitrogens is 1. The van der Waals surface area contributed by atoms with Crippen LogP contribution in [0.1, 0.15) is 16.1 Å². The predicted octanol–water partition coefficient (Wildman–Crippen LogP) is 2.62. The van der Waals surface area contributed by atoms with Gasteiger partial charge in [-0.05, 0) is 36.4 Å². The maximum atomic E-state index is 10.8. The lowest BCUT2D eigenvalue weighted by Gasteiger charge is -2.28. The summed E-state index contributed by atoms with van der Waals surface area (Å²) in [5.41, 5.74) is 2.15. The van der Waals surface area contributed by atoms with Crippen molar-refractivity contribution in [1.82, 2.24) is 4.98 Å². The quantitative estimate of drug-likeness (QED) is 0.893. The molecule has 2 aromatic rings. The molecular formula is C17H19ClN2O4.